The van der Waals surface area contributed by atoms with Crippen LogP contribution in [0, 0.1) is 0 Å². The zero-order valence-electron chi connectivity index (χ0n) is 8.90. The van der Waals surface area contributed by atoms with Crippen LogP contribution in [0.2, 0.25) is 0 Å². The lowest BCUT2D eigenvalue weighted by molar-refractivity contribution is 0.322. The molecule has 0 aliphatic carbocycles. The van der Waals surface area contributed by atoms with Crippen LogP contribution in [0.25, 0.3) is 0 Å². The fourth-order valence-electron chi connectivity index (χ4n) is 1.26. The summed E-state index contributed by atoms with van der Waals surface area (Å²) in [5.41, 5.74) is 7.55. The zero-order valence-corrected chi connectivity index (χ0v) is 9.72. The third-order valence-corrected chi connectivity index (χ3v) is 2.86. The summed E-state index contributed by atoms with van der Waals surface area (Å²) in [7, 11) is 0. The molecule has 1 aromatic rings. The molecule has 0 radical (unpaired) electrons. The maximum atomic E-state index is 8.69. The highest BCUT2D eigenvalue weighted by molar-refractivity contribution is 7.98. The minimum atomic E-state index is 0.205. The lowest BCUT2D eigenvalue weighted by Crippen LogP contribution is -1.98. The summed E-state index contributed by atoms with van der Waals surface area (Å²) in [6, 6.07) is 5.66. The second-order valence-electron chi connectivity index (χ2n) is 3.08. The molecule has 15 heavy (non-hydrogen) atoms. The van der Waals surface area contributed by atoms with Crippen LogP contribution in [0.1, 0.15) is 12.5 Å². The Kier molecular flexibility index (Phi) is 5.36. The first-order valence-electron chi connectivity index (χ1n) is 4.97. The molecule has 0 saturated heterocycles. The lowest BCUT2D eigenvalue weighted by atomic mass is 10.2. The fraction of sp³-hybridized carbons (Fsp3) is 0.455. The summed E-state index contributed by atoms with van der Waals surface area (Å²) >= 11 is 1.67. The average Bonchev–Trinajstić information content (AvgIpc) is 2.22. The molecular formula is C11H17NO2S. The van der Waals surface area contributed by atoms with Crippen molar-refractivity contribution in [3.05, 3.63) is 23.8 Å². The highest BCUT2D eigenvalue weighted by Crippen LogP contribution is 2.25. The van der Waals surface area contributed by atoms with E-state index in [1.165, 1.54) is 0 Å². The van der Waals surface area contributed by atoms with Crippen LogP contribution in [-0.2, 0) is 5.75 Å². The van der Waals surface area contributed by atoms with Gasteiger partial charge in [-0.25, -0.2) is 0 Å². The van der Waals surface area contributed by atoms with Gasteiger partial charge in [0.25, 0.3) is 0 Å². The third-order valence-electron chi connectivity index (χ3n) is 1.88. The van der Waals surface area contributed by atoms with Crippen molar-refractivity contribution in [3.8, 4) is 5.75 Å². The van der Waals surface area contributed by atoms with Gasteiger partial charge >= 0.3 is 0 Å². The van der Waals surface area contributed by atoms with Gasteiger partial charge in [0, 0.05) is 22.8 Å². The van der Waals surface area contributed by atoms with E-state index in [1.807, 2.05) is 25.1 Å². The molecule has 84 valence electrons. The van der Waals surface area contributed by atoms with Crippen molar-refractivity contribution in [2.45, 2.75) is 12.7 Å². The van der Waals surface area contributed by atoms with E-state index in [-0.39, 0.29) is 6.61 Å². The number of rotatable bonds is 6. The molecule has 0 spiro atoms. The van der Waals surface area contributed by atoms with E-state index in [2.05, 4.69) is 0 Å². The Labute approximate surface area is 94.6 Å². The molecule has 0 aliphatic rings. The standard InChI is InChI=1S/C11H17NO2S/c1-2-14-11-4-3-10(12)7-9(11)8-15-6-5-13/h3-4,7,13H,2,5-6,8,12H2,1H3. The number of anilines is 1. The van der Waals surface area contributed by atoms with Crippen molar-refractivity contribution < 1.29 is 9.84 Å². The molecule has 0 amide bonds. The van der Waals surface area contributed by atoms with Gasteiger partial charge in [-0.15, -0.1) is 0 Å². The molecule has 0 bridgehead atoms. The lowest BCUT2D eigenvalue weighted by Gasteiger charge is -2.10. The van der Waals surface area contributed by atoms with E-state index in [0.29, 0.717) is 6.61 Å². The number of hydrogen-bond acceptors (Lipinski definition) is 4. The minimum absolute atomic E-state index is 0.205. The van der Waals surface area contributed by atoms with Gasteiger partial charge in [-0.1, -0.05) is 0 Å². The van der Waals surface area contributed by atoms with Gasteiger partial charge in [0.05, 0.1) is 13.2 Å². The van der Waals surface area contributed by atoms with Gasteiger partial charge < -0.3 is 15.6 Å². The van der Waals surface area contributed by atoms with E-state index in [0.717, 1.165) is 28.5 Å². The molecular weight excluding hydrogens is 210 g/mol. The van der Waals surface area contributed by atoms with Crippen molar-refractivity contribution in [3.63, 3.8) is 0 Å². The maximum absolute atomic E-state index is 8.69. The van der Waals surface area contributed by atoms with E-state index < -0.39 is 0 Å². The normalized spacial score (nSPS) is 10.3. The summed E-state index contributed by atoms with van der Waals surface area (Å²) in [6.45, 7) is 2.82. The fourth-order valence-corrected chi connectivity index (χ4v) is 1.97. The van der Waals surface area contributed by atoms with Crippen LogP contribution in [0.5, 0.6) is 5.75 Å². The molecule has 0 aliphatic heterocycles. The van der Waals surface area contributed by atoms with Crippen LogP contribution in [0.4, 0.5) is 5.69 Å². The van der Waals surface area contributed by atoms with Crippen LogP contribution in [0.15, 0.2) is 18.2 Å². The number of nitrogens with two attached hydrogens (primary N) is 1. The van der Waals surface area contributed by atoms with Crippen molar-refractivity contribution >= 4 is 17.4 Å². The molecule has 0 fully saturated rings. The molecule has 1 rings (SSSR count). The molecule has 1 aromatic carbocycles. The van der Waals surface area contributed by atoms with Crippen molar-refractivity contribution in [2.24, 2.45) is 0 Å². The molecule has 0 atom stereocenters. The van der Waals surface area contributed by atoms with Crippen molar-refractivity contribution in [1.82, 2.24) is 0 Å². The van der Waals surface area contributed by atoms with E-state index in [9.17, 15) is 0 Å². The summed E-state index contributed by atoms with van der Waals surface area (Å²) in [5, 5.41) is 8.69. The summed E-state index contributed by atoms with van der Waals surface area (Å²) in [5.74, 6) is 2.44. The first-order chi connectivity index (χ1) is 7.27. The smallest absolute Gasteiger partial charge is 0.123 e. The van der Waals surface area contributed by atoms with E-state index in [1.54, 1.807) is 11.8 Å². The summed E-state index contributed by atoms with van der Waals surface area (Å²) in [4.78, 5) is 0. The predicted octanol–water partition coefficient (Wildman–Crippen LogP) is 1.89. The molecule has 3 nitrogen and oxygen atoms in total. The van der Waals surface area contributed by atoms with Crippen molar-refractivity contribution in [1.29, 1.82) is 0 Å². The van der Waals surface area contributed by atoms with Crippen molar-refractivity contribution in [2.75, 3.05) is 24.7 Å². The molecule has 4 heteroatoms. The largest absolute Gasteiger partial charge is 0.494 e. The topological polar surface area (TPSA) is 55.5 Å². The number of benzene rings is 1. The Morgan fingerprint density at radius 3 is 2.93 bits per heavy atom. The predicted molar refractivity (Wildman–Crippen MR) is 65.3 cm³/mol. The molecule has 3 N–H and O–H groups in total. The highest BCUT2D eigenvalue weighted by atomic mass is 32.2. The third kappa shape index (κ3) is 4.01. The summed E-state index contributed by atoms with van der Waals surface area (Å²) < 4.78 is 5.49. The maximum Gasteiger partial charge on any atom is 0.123 e. The number of aliphatic hydroxyl groups excluding tert-OH is 1. The van der Waals surface area contributed by atoms with Gasteiger partial charge in [0.1, 0.15) is 5.75 Å². The van der Waals surface area contributed by atoms with E-state index in [4.69, 9.17) is 15.6 Å². The monoisotopic (exact) mass is 227 g/mol. The van der Waals surface area contributed by atoms with Crippen LogP contribution in [0.3, 0.4) is 0 Å². The quantitative estimate of drug-likeness (QED) is 0.575. The Hall–Kier alpha value is -0.870. The van der Waals surface area contributed by atoms with Gasteiger partial charge in [0.2, 0.25) is 0 Å². The number of aliphatic hydroxyl groups is 1. The van der Waals surface area contributed by atoms with Gasteiger partial charge in [0.15, 0.2) is 0 Å². The first kappa shape index (κ1) is 12.2. The van der Waals surface area contributed by atoms with Gasteiger partial charge in [-0.05, 0) is 25.1 Å². The minimum Gasteiger partial charge on any atom is -0.494 e. The SMILES string of the molecule is CCOc1ccc(N)cc1CSCCO. The average molecular weight is 227 g/mol. The Bertz CT molecular complexity index is 305. The number of hydrogen-bond donors (Lipinski definition) is 2. The molecule has 0 saturated carbocycles. The molecule has 0 heterocycles. The Balaban J connectivity index is 2.68. The van der Waals surface area contributed by atoms with Crippen LogP contribution >= 0.6 is 11.8 Å². The zero-order chi connectivity index (χ0) is 11.1. The molecule has 0 unspecified atom stereocenters. The molecule has 0 aromatic heterocycles. The Morgan fingerprint density at radius 1 is 1.47 bits per heavy atom. The van der Waals surface area contributed by atoms with Crippen LogP contribution in [-0.4, -0.2) is 24.1 Å². The first-order valence-corrected chi connectivity index (χ1v) is 6.13. The Morgan fingerprint density at radius 2 is 2.27 bits per heavy atom. The van der Waals surface area contributed by atoms with Gasteiger partial charge in [-0.2, -0.15) is 11.8 Å². The van der Waals surface area contributed by atoms with Gasteiger partial charge in [-0.3, -0.25) is 0 Å². The second kappa shape index (κ2) is 6.58. The number of nitrogen functional groups attached to an aromatic ring is 1. The second-order valence-corrected chi connectivity index (χ2v) is 4.18. The van der Waals surface area contributed by atoms with Crippen LogP contribution < -0.4 is 10.5 Å². The highest BCUT2D eigenvalue weighted by Gasteiger charge is 2.03. The summed E-state index contributed by atoms with van der Waals surface area (Å²) in [6.07, 6.45) is 0. The number of thioether (sulfide) groups is 1. The number of ether oxygens (including phenoxy) is 1. The van der Waals surface area contributed by atoms with E-state index >= 15 is 0 Å².